The second kappa shape index (κ2) is 3.95. The first kappa shape index (κ1) is 8.84. The maximum absolute atomic E-state index is 12.6. The van der Waals surface area contributed by atoms with E-state index >= 15 is 0 Å². The minimum Gasteiger partial charge on any atom is -0.303 e. The predicted octanol–water partition coefficient (Wildman–Crippen LogP) is 2.08. The van der Waals surface area contributed by atoms with Crippen molar-refractivity contribution < 1.29 is 13.6 Å². The van der Waals surface area contributed by atoms with Crippen LogP contribution >= 0.6 is 0 Å². The number of alkyl halides is 1. The van der Waals surface area contributed by atoms with E-state index < -0.39 is 18.4 Å². The zero-order valence-electron chi connectivity index (χ0n) is 6.34. The molecule has 1 rings (SSSR count). The summed E-state index contributed by atoms with van der Waals surface area (Å²) < 4.78 is 24.7. The van der Waals surface area contributed by atoms with E-state index in [-0.39, 0.29) is 0 Å². The summed E-state index contributed by atoms with van der Waals surface area (Å²) >= 11 is 0. The van der Waals surface area contributed by atoms with Crippen molar-refractivity contribution in [3.8, 4) is 0 Å². The number of carbonyl (C=O) groups is 1. The van der Waals surface area contributed by atoms with Gasteiger partial charge < -0.3 is 4.79 Å². The van der Waals surface area contributed by atoms with Crippen molar-refractivity contribution in [1.82, 2.24) is 0 Å². The van der Waals surface area contributed by atoms with Gasteiger partial charge in [0.1, 0.15) is 18.8 Å². The van der Waals surface area contributed by atoms with Crippen molar-refractivity contribution in [2.75, 3.05) is 6.67 Å². The minimum atomic E-state index is -0.833. The number of carbonyl (C=O) groups excluding carboxylic acids is 1. The Morgan fingerprint density at radius 2 is 2.25 bits per heavy atom. The lowest BCUT2D eigenvalue weighted by molar-refractivity contribution is -0.109. The van der Waals surface area contributed by atoms with Gasteiger partial charge in [0.05, 0.1) is 5.92 Å². The van der Waals surface area contributed by atoms with Crippen LogP contribution in [0.25, 0.3) is 0 Å². The molecule has 0 aliphatic carbocycles. The van der Waals surface area contributed by atoms with Gasteiger partial charge in [0.15, 0.2) is 0 Å². The molecular weight excluding hydrogens is 162 g/mol. The fourth-order valence-electron chi connectivity index (χ4n) is 0.941. The molecule has 0 aliphatic heterocycles. The van der Waals surface area contributed by atoms with E-state index in [1.165, 1.54) is 24.3 Å². The summed E-state index contributed by atoms with van der Waals surface area (Å²) in [5, 5.41) is 0. The summed E-state index contributed by atoms with van der Waals surface area (Å²) in [5.74, 6) is -1.28. The number of rotatable bonds is 3. The smallest absolute Gasteiger partial charge is 0.130 e. The predicted molar refractivity (Wildman–Crippen MR) is 41.2 cm³/mol. The van der Waals surface area contributed by atoms with Gasteiger partial charge >= 0.3 is 0 Å². The standard InChI is InChI=1S/C9H8F2O/c10-5-8(6-12)7-2-1-3-9(11)4-7/h1-4,6,8H,5H2. The van der Waals surface area contributed by atoms with Crippen LogP contribution in [0.1, 0.15) is 11.5 Å². The Labute approximate surface area is 69.0 Å². The topological polar surface area (TPSA) is 17.1 Å². The molecule has 0 radical (unpaired) electrons. The lowest BCUT2D eigenvalue weighted by Gasteiger charge is -2.04. The van der Waals surface area contributed by atoms with Crippen LogP contribution in [0.5, 0.6) is 0 Å². The van der Waals surface area contributed by atoms with E-state index in [1.54, 1.807) is 0 Å². The highest BCUT2D eigenvalue weighted by Gasteiger charge is 2.09. The Bertz CT molecular complexity index is 273. The molecule has 0 bridgehead atoms. The zero-order valence-corrected chi connectivity index (χ0v) is 6.34. The van der Waals surface area contributed by atoms with Crippen molar-refractivity contribution >= 4 is 6.29 Å². The van der Waals surface area contributed by atoms with Crippen molar-refractivity contribution in [3.05, 3.63) is 35.6 Å². The van der Waals surface area contributed by atoms with Gasteiger partial charge in [-0.25, -0.2) is 8.78 Å². The third kappa shape index (κ3) is 1.87. The Balaban J connectivity index is 2.93. The molecule has 12 heavy (non-hydrogen) atoms. The zero-order chi connectivity index (χ0) is 8.97. The van der Waals surface area contributed by atoms with E-state index in [4.69, 9.17) is 0 Å². The maximum atomic E-state index is 12.6. The lowest BCUT2D eigenvalue weighted by atomic mass is 10.0. The number of benzene rings is 1. The molecule has 0 amide bonds. The third-order valence-corrected chi connectivity index (χ3v) is 1.61. The first-order valence-corrected chi connectivity index (χ1v) is 3.54. The van der Waals surface area contributed by atoms with E-state index in [1.807, 2.05) is 0 Å². The highest BCUT2D eigenvalue weighted by molar-refractivity contribution is 5.62. The quantitative estimate of drug-likeness (QED) is 0.634. The number of hydrogen-bond acceptors (Lipinski definition) is 1. The Morgan fingerprint density at radius 1 is 1.50 bits per heavy atom. The largest absolute Gasteiger partial charge is 0.303 e. The fraction of sp³-hybridized carbons (Fsp3) is 0.222. The Morgan fingerprint density at radius 3 is 2.75 bits per heavy atom. The van der Waals surface area contributed by atoms with Gasteiger partial charge in [-0.1, -0.05) is 12.1 Å². The van der Waals surface area contributed by atoms with Crippen LogP contribution in [-0.2, 0) is 4.79 Å². The lowest BCUT2D eigenvalue weighted by Crippen LogP contribution is -2.02. The highest BCUT2D eigenvalue weighted by atomic mass is 19.1. The number of hydrogen-bond donors (Lipinski definition) is 0. The van der Waals surface area contributed by atoms with Crippen molar-refractivity contribution in [2.45, 2.75) is 5.92 Å². The Kier molecular flexibility index (Phi) is 2.91. The molecule has 0 aliphatic rings. The number of halogens is 2. The average molecular weight is 170 g/mol. The van der Waals surface area contributed by atoms with Crippen LogP contribution in [0.15, 0.2) is 24.3 Å². The van der Waals surface area contributed by atoms with E-state index in [0.29, 0.717) is 11.8 Å². The molecule has 1 unspecified atom stereocenters. The van der Waals surface area contributed by atoms with Crippen LogP contribution in [0.2, 0.25) is 0 Å². The van der Waals surface area contributed by atoms with Gasteiger partial charge in [0, 0.05) is 0 Å². The normalized spacial score (nSPS) is 12.5. The van der Waals surface area contributed by atoms with Crippen LogP contribution < -0.4 is 0 Å². The average Bonchev–Trinajstić information content (AvgIpc) is 2.07. The SMILES string of the molecule is O=CC(CF)c1cccc(F)c1. The summed E-state index contributed by atoms with van der Waals surface area (Å²) in [4.78, 5) is 10.3. The fourth-order valence-corrected chi connectivity index (χ4v) is 0.941. The summed E-state index contributed by atoms with van der Waals surface area (Å²) in [6.07, 6.45) is 0.481. The molecule has 1 atom stereocenters. The Hall–Kier alpha value is -1.25. The molecule has 0 fully saturated rings. The van der Waals surface area contributed by atoms with Gasteiger partial charge in [-0.05, 0) is 17.7 Å². The highest BCUT2D eigenvalue weighted by Crippen LogP contribution is 2.14. The van der Waals surface area contributed by atoms with Crippen LogP contribution in [0.3, 0.4) is 0 Å². The van der Waals surface area contributed by atoms with Gasteiger partial charge in [-0.3, -0.25) is 0 Å². The van der Waals surface area contributed by atoms with Crippen LogP contribution in [0.4, 0.5) is 8.78 Å². The van der Waals surface area contributed by atoms with Crippen molar-refractivity contribution in [2.24, 2.45) is 0 Å². The second-order valence-electron chi connectivity index (χ2n) is 2.45. The molecule has 0 saturated heterocycles. The van der Waals surface area contributed by atoms with Gasteiger partial charge in [-0.2, -0.15) is 0 Å². The molecule has 0 saturated carbocycles. The first-order valence-electron chi connectivity index (χ1n) is 3.54. The van der Waals surface area contributed by atoms with Crippen molar-refractivity contribution in [1.29, 1.82) is 0 Å². The minimum absolute atomic E-state index is 0.382. The molecule has 64 valence electrons. The van der Waals surface area contributed by atoms with E-state index in [9.17, 15) is 13.6 Å². The molecule has 1 aromatic rings. The molecular formula is C9H8F2O. The molecule has 3 heteroatoms. The molecule has 0 aromatic heterocycles. The first-order chi connectivity index (χ1) is 5.77. The summed E-state index contributed by atoms with van der Waals surface area (Å²) in [6, 6.07) is 5.40. The third-order valence-electron chi connectivity index (χ3n) is 1.61. The van der Waals surface area contributed by atoms with Crippen LogP contribution in [0, 0.1) is 5.82 Å². The molecule has 1 aromatic carbocycles. The summed E-state index contributed by atoms with van der Waals surface area (Å²) in [6.45, 7) is -0.785. The summed E-state index contributed by atoms with van der Waals surface area (Å²) in [5.41, 5.74) is 0.382. The summed E-state index contributed by atoms with van der Waals surface area (Å²) in [7, 11) is 0. The van der Waals surface area contributed by atoms with E-state index in [0.717, 1.165) is 0 Å². The molecule has 0 spiro atoms. The molecule has 0 heterocycles. The van der Waals surface area contributed by atoms with Gasteiger partial charge in [0.25, 0.3) is 0 Å². The maximum Gasteiger partial charge on any atom is 0.130 e. The molecule has 0 N–H and O–H groups in total. The number of aldehydes is 1. The van der Waals surface area contributed by atoms with E-state index in [2.05, 4.69) is 0 Å². The van der Waals surface area contributed by atoms with Crippen molar-refractivity contribution in [3.63, 3.8) is 0 Å². The van der Waals surface area contributed by atoms with Gasteiger partial charge in [0.2, 0.25) is 0 Å². The second-order valence-corrected chi connectivity index (χ2v) is 2.45. The van der Waals surface area contributed by atoms with Gasteiger partial charge in [-0.15, -0.1) is 0 Å². The molecule has 1 nitrogen and oxygen atoms in total. The van der Waals surface area contributed by atoms with Crippen LogP contribution in [-0.4, -0.2) is 13.0 Å². The monoisotopic (exact) mass is 170 g/mol.